The minimum atomic E-state index is -0.615. The van der Waals surface area contributed by atoms with Crippen molar-refractivity contribution >= 4 is 0 Å². The highest BCUT2D eigenvalue weighted by atomic mass is 16.7. The van der Waals surface area contributed by atoms with Gasteiger partial charge in [0.2, 0.25) is 0 Å². The van der Waals surface area contributed by atoms with Gasteiger partial charge in [0.05, 0.1) is 13.2 Å². The quantitative estimate of drug-likeness (QED) is 0.407. The molecule has 1 unspecified atom stereocenters. The summed E-state index contributed by atoms with van der Waals surface area (Å²) in [5.41, 5.74) is 0. The summed E-state index contributed by atoms with van der Waals surface area (Å²) >= 11 is 0. The van der Waals surface area contributed by atoms with Gasteiger partial charge in [0.25, 0.3) is 0 Å². The summed E-state index contributed by atoms with van der Waals surface area (Å²) in [6.45, 7) is 5.48. The van der Waals surface area contributed by atoms with Gasteiger partial charge in [-0.3, -0.25) is 0 Å². The van der Waals surface area contributed by atoms with Crippen LogP contribution in [0.2, 0.25) is 0 Å². The van der Waals surface area contributed by atoms with Gasteiger partial charge in [-0.2, -0.15) is 0 Å². The molecular weight excluding hydrogens is 160 g/mol. The van der Waals surface area contributed by atoms with E-state index in [4.69, 9.17) is 14.2 Å². The highest BCUT2D eigenvalue weighted by Crippen LogP contribution is 1.93. The Bertz CT molecular complexity index is 87.1. The molecule has 0 aliphatic rings. The van der Waals surface area contributed by atoms with Crippen molar-refractivity contribution in [1.82, 2.24) is 0 Å². The van der Waals surface area contributed by atoms with Crippen LogP contribution in [0.15, 0.2) is 0 Å². The van der Waals surface area contributed by atoms with Crippen molar-refractivity contribution in [3.63, 3.8) is 0 Å². The van der Waals surface area contributed by atoms with E-state index in [-0.39, 0.29) is 6.61 Å². The Kier molecular flexibility index (Phi) is 8.81. The first-order valence-corrected chi connectivity index (χ1v) is 4.24. The molecule has 12 heavy (non-hydrogen) atoms. The molecule has 0 fully saturated rings. The second-order valence-corrected chi connectivity index (χ2v) is 2.12. The molecule has 0 saturated carbocycles. The zero-order valence-corrected chi connectivity index (χ0v) is 7.75. The van der Waals surface area contributed by atoms with E-state index in [0.29, 0.717) is 26.4 Å². The van der Waals surface area contributed by atoms with Crippen LogP contribution in [0.5, 0.6) is 0 Å². The lowest BCUT2D eigenvalue weighted by molar-refractivity contribution is -0.175. The largest absolute Gasteiger partial charge is 0.379 e. The topological polar surface area (TPSA) is 47.6 Å². The fourth-order valence-corrected chi connectivity index (χ4v) is 0.713. The summed E-state index contributed by atoms with van der Waals surface area (Å²) in [4.78, 5) is 0. The summed E-state index contributed by atoms with van der Waals surface area (Å²) in [5.74, 6) is 0. The normalized spacial score (nSPS) is 13.2. The van der Waals surface area contributed by atoms with Crippen LogP contribution in [0.1, 0.15) is 13.8 Å². The molecule has 0 N–H and O–H groups in total. The zero-order valence-electron chi connectivity index (χ0n) is 7.75. The van der Waals surface area contributed by atoms with E-state index in [1.165, 1.54) is 0 Å². The lowest BCUT2D eigenvalue weighted by atomic mass is 10.6. The summed E-state index contributed by atoms with van der Waals surface area (Å²) in [6, 6.07) is 0. The average Bonchev–Trinajstić information content (AvgIpc) is 2.10. The first-order valence-electron chi connectivity index (χ1n) is 4.24. The predicted molar refractivity (Wildman–Crippen MR) is 43.4 cm³/mol. The Morgan fingerprint density at radius 2 is 1.83 bits per heavy atom. The van der Waals surface area contributed by atoms with Crippen molar-refractivity contribution in [2.45, 2.75) is 20.1 Å². The minimum Gasteiger partial charge on any atom is -0.379 e. The predicted octanol–water partition coefficient (Wildman–Crippen LogP) is 0.833. The van der Waals surface area contributed by atoms with Gasteiger partial charge in [-0.25, -0.2) is 5.11 Å². The van der Waals surface area contributed by atoms with E-state index in [9.17, 15) is 5.11 Å². The molecule has 4 nitrogen and oxygen atoms in total. The average molecular weight is 177 g/mol. The van der Waals surface area contributed by atoms with Crippen LogP contribution < -0.4 is 0 Å². The molecular formula is C8H17O4. The van der Waals surface area contributed by atoms with Crippen LogP contribution in [0.3, 0.4) is 0 Å². The maximum atomic E-state index is 10.4. The highest BCUT2D eigenvalue weighted by molar-refractivity contribution is 4.39. The van der Waals surface area contributed by atoms with Crippen LogP contribution >= 0.6 is 0 Å². The van der Waals surface area contributed by atoms with Crippen LogP contribution in [-0.2, 0) is 19.3 Å². The highest BCUT2D eigenvalue weighted by Gasteiger charge is 2.06. The third-order valence-electron chi connectivity index (χ3n) is 1.22. The molecule has 0 aliphatic heterocycles. The molecule has 0 aromatic heterocycles. The summed E-state index contributed by atoms with van der Waals surface area (Å²) < 4.78 is 15.1. The van der Waals surface area contributed by atoms with Crippen molar-refractivity contribution in [3.8, 4) is 0 Å². The smallest absolute Gasteiger partial charge is 0.184 e. The summed E-state index contributed by atoms with van der Waals surface area (Å²) in [5, 5.41) is 10.4. The second-order valence-electron chi connectivity index (χ2n) is 2.12. The molecule has 0 spiro atoms. The number of ether oxygens (including phenoxy) is 3. The van der Waals surface area contributed by atoms with Crippen molar-refractivity contribution in [1.29, 1.82) is 0 Å². The van der Waals surface area contributed by atoms with Gasteiger partial charge in [-0.05, 0) is 13.8 Å². The Morgan fingerprint density at radius 3 is 2.33 bits per heavy atom. The van der Waals surface area contributed by atoms with E-state index in [1.54, 1.807) is 0 Å². The van der Waals surface area contributed by atoms with Crippen LogP contribution in [0.25, 0.3) is 0 Å². The minimum absolute atomic E-state index is 0.361. The fraction of sp³-hybridized carbons (Fsp3) is 1.00. The summed E-state index contributed by atoms with van der Waals surface area (Å²) in [6.07, 6.45) is -0.615. The number of rotatable bonds is 8. The first kappa shape index (κ1) is 11.8. The molecule has 4 heteroatoms. The molecule has 0 rings (SSSR count). The van der Waals surface area contributed by atoms with Gasteiger partial charge in [0.15, 0.2) is 6.29 Å². The molecule has 0 aliphatic carbocycles. The van der Waals surface area contributed by atoms with Crippen molar-refractivity contribution in [2.24, 2.45) is 0 Å². The van der Waals surface area contributed by atoms with E-state index >= 15 is 0 Å². The van der Waals surface area contributed by atoms with Crippen molar-refractivity contribution in [2.75, 3.05) is 33.0 Å². The maximum Gasteiger partial charge on any atom is 0.184 e. The number of hydrogen-bond acceptors (Lipinski definition) is 3. The monoisotopic (exact) mass is 177 g/mol. The molecule has 73 valence electrons. The zero-order chi connectivity index (χ0) is 9.23. The van der Waals surface area contributed by atoms with Crippen molar-refractivity contribution < 1.29 is 19.3 Å². The molecule has 0 aromatic rings. The Morgan fingerprint density at radius 1 is 1.08 bits per heavy atom. The Hall–Kier alpha value is -0.160. The molecule has 0 amide bonds. The third-order valence-corrected chi connectivity index (χ3v) is 1.22. The molecule has 0 bridgehead atoms. The molecule has 1 radical (unpaired) electrons. The fourth-order valence-electron chi connectivity index (χ4n) is 0.713. The SMILES string of the molecule is CCOCCOC(C[O])OCC. The van der Waals surface area contributed by atoms with E-state index in [2.05, 4.69) is 0 Å². The number of hydrogen-bond donors (Lipinski definition) is 0. The van der Waals surface area contributed by atoms with E-state index in [1.807, 2.05) is 13.8 Å². The van der Waals surface area contributed by atoms with Gasteiger partial charge in [-0.15, -0.1) is 0 Å². The summed E-state index contributed by atoms with van der Waals surface area (Å²) in [7, 11) is 0. The van der Waals surface area contributed by atoms with Gasteiger partial charge < -0.3 is 14.2 Å². The van der Waals surface area contributed by atoms with Crippen LogP contribution in [0, 0.1) is 0 Å². The molecule has 0 heterocycles. The third kappa shape index (κ3) is 6.54. The van der Waals surface area contributed by atoms with Crippen molar-refractivity contribution in [3.05, 3.63) is 0 Å². The maximum absolute atomic E-state index is 10.4. The Balaban J connectivity index is 3.19. The lowest BCUT2D eigenvalue weighted by Crippen LogP contribution is -2.22. The Labute approximate surface area is 73.4 Å². The molecule has 0 aromatic carbocycles. The van der Waals surface area contributed by atoms with Gasteiger partial charge in [-0.1, -0.05) is 0 Å². The van der Waals surface area contributed by atoms with Gasteiger partial charge in [0, 0.05) is 13.2 Å². The van der Waals surface area contributed by atoms with E-state index < -0.39 is 6.29 Å². The van der Waals surface area contributed by atoms with E-state index in [0.717, 1.165) is 0 Å². The van der Waals surface area contributed by atoms with Gasteiger partial charge >= 0.3 is 0 Å². The molecule has 1 atom stereocenters. The second kappa shape index (κ2) is 8.93. The standard InChI is InChI=1S/C8H17O4/c1-3-10-5-6-12-8(7-9)11-4-2/h8H,3-7H2,1-2H3. The van der Waals surface area contributed by atoms with Crippen LogP contribution in [-0.4, -0.2) is 39.3 Å². The van der Waals surface area contributed by atoms with Crippen LogP contribution in [0.4, 0.5) is 0 Å². The lowest BCUT2D eigenvalue weighted by Gasteiger charge is -2.13. The first-order chi connectivity index (χ1) is 5.85. The molecule has 0 saturated heterocycles. The van der Waals surface area contributed by atoms with Gasteiger partial charge in [0.1, 0.15) is 6.61 Å².